The molecule has 0 aromatic carbocycles. The molecule has 1 saturated heterocycles. The summed E-state index contributed by atoms with van der Waals surface area (Å²) in [5, 5.41) is 7.61. The minimum absolute atomic E-state index is 0.0150. The second-order valence-corrected chi connectivity index (χ2v) is 9.65. The normalized spacial score (nSPS) is 26.7. The third-order valence-electron chi connectivity index (χ3n) is 5.88. The van der Waals surface area contributed by atoms with Gasteiger partial charge in [-0.25, -0.2) is 8.42 Å². The van der Waals surface area contributed by atoms with Gasteiger partial charge < -0.3 is 15.0 Å². The van der Waals surface area contributed by atoms with Gasteiger partial charge in [0.1, 0.15) is 0 Å². The summed E-state index contributed by atoms with van der Waals surface area (Å²) in [5.74, 6) is 0. The van der Waals surface area contributed by atoms with Crippen LogP contribution in [0, 0.1) is 12.3 Å². The molecule has 1 aliphatic carbocycles. The van der Waals surface area contributed by atoms with Crippen LogP contribution in [0.3, 0.4) is 0 Å². The van der Waals surface area contributed by atoms with Crippen molar-refractivity contribution in [3.05, 3.63) is 11.8 Å². The van der Waals surface area contributed by atoms with E-state index in [1.54, 1.807) is 20.2 Å². The Labute approximate surface area is 150 Å². The standard InChI is InChI=1S/C17H30N4O3S/c1-13-11-15(21(3)19-13)25(22,23)16-14(18-7-10-24-4)12-17(16)5-8-20(2)9-6-17/h11,14,16,18H,5-10,12H2,1-4H3. The lowest BCUT2D eigenvalue weighted by atomic mass is 9.60. The second-order valence-electron chi connectivity index (χ2n) is 7.64. The van der Waals surface area contributed by atoms with E-state index in [1.165, 1.54) is 4.68 Å². The van der Waals surface area contributed by atoms with E-state index in [2.05, 4.69) is 22.4 Å². The first-order valence-corrected chi connectivity index (χ1v) is 10.5. The topological polar surface area (TPSA) is 76.5 Å². The van der Waals surface area contributed by atoms with Gasteiger partial charge in [-0.1, -0.05) is 0 Å². The molecular formula is C17H30N4O3S. The molecule has 1 spiro atoms. The van der Waals surface area contributed by atoms with Crippen molar-refractivity contribution in [1.82, 2.24) is 20.0 Å². The Bertz CT molecular complexity index is 707. The summed E-state index contributed by atoms with van der Waals surface area (Å²) in [5.41, 5.74) is 0.621. The predicted octanol–water partition coefficient (Wildman–Crippen LogP) is 0.591. The van der Waals surface area contributed by atoms with Crippen molar-refractivity contribution in [2.45, 2.75) is 42.5 Å². The Morgan fingerprint density at radius 1 is 1.36 bits per heavy atom. The van der Waals surface area contributed by atoms with Crippen molar-refractivity contribution >= 4 is 9.84 Å². The molecule has 0 amide bonds. The monoisotopic (exact) mass is 370 g/mol. The van der Waals surface area contributed by atoms with Crippen molar-refractivity contribution in [2.75, 3.05) is 40.4 Å². The lowest BCUT2D eigenvalue weighted by Gasteiger charge is -2.57. The highest BCUT2D eigenvalue weighted by Gasteiger charge is 2.60. The summed E-state index contributed by atoms with van der Waals surface area (Å²) < 4.78 is 33.6. The van der Waals surface area contributed by atoms with Crippen LogP contribution >= 0.6 is 0 Å². The molecule has 1 N–H and O–H groups in total. The van der Waals surface area contributed by atoms with E-state index in [1.807, 2.05) is 6.92 Å². The second kappa shape index (κ2) is 6.98. The number of hydrogen-bond acceptors (Lipinski definition) is 6. The number of ether oxygens (including phenoxy) is 1. The maximum atomic E-state index is 13.5. The van der Waals surface area contributed by atoms with Gasteiger partial charge in [-0.3, -0.25) is 4.68 Å². The number of aryl methyl sites for hydroxylation is 2. The summed E-state index contributed by atoms with van der Waals surface area (Å²) in [6.07, 6.45) is 2.80. The highest BCUT2D eigenvalue weighted by molar-refractivity contribution is 7.92. The first-order valence-electron chi connectivity index (χ1n) is 8.95. The maximum absolute atomic E-state index is 13.5. The molecule has 1 aliphatic heterocycles. The van der Waals surface area contributed by atoms with Gasteiger partial charge in [-0.2, -0.15) is 5.10 Å². The van der Waals surface area contributed by atoms with Gasteiger partial charge in [-0.15, -0.1) is 0 Å². The molecule has 25 heavy (non-hydrogen) atoms. The van der Waals surface area contributed by atoms with Crippen molar-refractivity contribution in [1.29, 1.82) is 0 Å². The van der Waals surface area contributed by atoms with Crippen molar-refractivity contribution < 1.29 is 13.2 Å². The Morgan fingerprint density at radius 2 is 2.04 bits per heavy atom. The van der Waals surface area contributed by atoms with Crippen LogP contribution in [0.25, 0.3) is 0 Å². The minimum Gasteiger partial charge on any atom is -0.383 e. The Balaban J connectivity index is 1.89. The first-order chi connectivity index (χ1) is 11.8. The van der Waals surface area contributed by atoms with Gasteiger partial charge in [0.2, 0.25) is 0 Å². The maximum Gasteiger partial charge on any atom is 0.200 e. The van der Waals surface area contributed by atoms with Crippen LogP contribution in [0.15, 0.2) is 11.1 Å². The molecule has 7 nitrogen and oxygen atoms in total. The molecule has 2 aliphatic rings. The Morgan fingerprint density at radius 3 is 2.60 bits per heavy atom. The molecule has 3 rings (SSSR count). The van der Waals surface area contributed by atoms with Gasteiger partial charge in [0.25, 0.3) is 0 Å². The lowest BCUT2D eigenvalue weighted by Crippen LogP contribution is -2.67. The average molecular weight is 371 g/mol. The lowest BCUT2D eigenvalue weighted by molar-refractivity contribution is 0.0168. The number of sulfone groups is 1. The molecule has 0 radical (unpaired) electrons. The number of aromatic nitrogens is 2. The SMILES string of the molecule is COCCNC1CC2(CCN(C)CC2)C1S(=O)(=O)c1cc(C)nn1C. The van der Waals surface area contributed by atoms with E-state index < -0.39 is 9.84 Å². The fourth-order valence-corrected chi connectivity index (χ4v) is 7.15. The van der Waals surface area contributed by atoms with Gasteiger partial charge in [-0.05, 0) is 57.8 Å². The zero-order valence-electron chi connectivity index (χ0n) is 15.7. The summed E-state index contributed by atoms with van der Waals surface area (Å²) in [6, 6.07) is 1.68. The van der Waals surface area contributed by atoms with E-state index >= 15 is 0 Å². The minimum atomic E-state index is -3.45. The first kappa shape index (κ1) is 18.8. The highest BCUT2D eigenvalue weighted by atomic mass is 32.2. The molecule has 142 valence electrons. The molecule has 1 aromatic heterocycles. The highest BCUT2D eigenvalue weighted by Crippen LogP contribution is 2.53. The molecule has 2 atom stereocenters. The molecule has 8 heteroatoms. The zero-order valence-corrected chi connectivity index (χ0v) is 16.5. The van der Waals surface area contributed by atoms with Gasteiger partial charge >= 0.3 is 0 Å². The summed E-state index contributed by atoms with van der Waals surface area (Å²) >= 11 is 0. The number of piperidine rings is 1. The molecule has 2 unspecified atom stereocenters. The molecule has 2 heterocycles. The fourth-order valence-electron chi connectivity index (χ4n) is 4.53. The third-order valence-corrected chi connectivity index (χ3v) is 8.34. The average Bonchev–Trinajstić information content (AvgIpc) is 2.87. The van der Waals surface area contributed by atoms with Gasteiger partial charge in [0.15, 0.2) is 14.9 Å². The quantitative estimate of drug-likeness (QED) is 0.739. The predicted molar refractivity (Wildman–Crippen MR) is 96.4 cm³/mol. The summed E-state index contributed by atoms with van der Waals surface area (Å²) in [6.45, 7) is 5.01. The molecule has 1 saturated carbocycles. The van der Waals surface area contributed by atoms with E-state index in [0.717, 1.165) is 38.0 Å². The van der Waals surface area contributed by atoms with E-state index in [9.17, 15) is 8.42 Å². The van der Waals surface area contributed by atoms with E-state index in [4.69, 9.17) is 4.74 Å². The zero-order chi connectivity index (χ0) is 18.2. The third kappa shape index (κ3) is 3.37. The van der Waals surface area contributed by atoms with Crippen LogP contribution in [0.2, 0.25) is 0 Å². The summed E-state index contributed by atoms with van der Waals surface area (Å²) in [4.78, 5) is 2.29. The number of hydrogen-bond donors (Lipinski definition) is 1. The molecule has 0 bridgehead atoms. The van der Waals surface area contributed by atoms with Gasteiger partial charge in [0, 0.05) is 26.7 Å². The van der Waals surface area contributed by atoms with Crippen LogP contribution in [-0.2, 0) is 21.6 Å². The Hall–Kier alpha value is -0.960. The number of likely N-dealkylation sites (tertiary alicyclic amines) is 1. The van der Waals surface area contributed by atoms with Crippen molar-refractivity contribution in [3.8, 4) is 0 Å². The van der Waals surface area contributed by atoms with E-state index in [0.29, 0.717) is 18.2 Å². The fraction of sp³-hybridized carbons (Fsp3) is 0.824. The van der Waals surface area contributed by atoms with Crippen LogP contribution in [0.4, 0.5) is 0 Å². The number of methoxy groups -OCH3 is 1. The van der Waals surface area contributed by atoms with E-state index in [-0.39, 0.29) is 16.7 Å². The van der Waals surface area contributed by atoms with Gasteiger partial charge in [0.05, 0.1) is 17.6 Å². The van der Waals surface area contributed by atoms with Crippen LogP contribution < -0.4 is 5.32 Å². The summed E-state index contributed by atoms with van der Waals surface area (Å²) in [7, 11) is 2.04. The number of rotatable bonds is 6. The Kier molecular flexibility index (Phi) is 5.26. The molecular weight excluding hydrogens is 340 g/mol. The van der Waals surface area contributed by atoms with Crippen molar-refractivity contribution in [3.63, 3.8) is 0 Å². The van der Waals surface area contributed by atoms with Crippen LogP contribution in [-0.4, -0.2) is 74.8 Å². The van der Waals surface area contributed by atoms with Crippen molar-refractivity contribution in [2.24, 2.45) is 12.5 Å². The number of nitrogens with zero attached hydrogens (tertiary/aromatic N) is 3. The molecule has 2 fully saturated rings. The van der Waals surface area contributed by atoms with Crippen LogP contribution in [0.1, 0.15) is 25.0 Å². The smallest absolute Gasteiger partial charge is 0.200 e. The molecule has 1 aromatic rings. The van der Waals surface area contributed by atoms with Crippen LogP contribution in [0.5, 0.6) is 0 Å². The largest absolute Gasteiger partial charge is 0.383 e. The number of nitrogens with one attached hydrogen (secondary N) is 1.